The molecule has 3 rings (SSSR count). The topological polar surface area (TPSA) is 16.1 Å². The van der Waals surface area contributed by atoms with Crippen LogP contribution in [-0.4, -0.2) is 17.6 Å². The second-order valence-electron chi connectivity index (χ2n) is 3.73. The number of hydrogen-bond donors (Lipinski definition) is 0. The van der Waals surface area contributed by atoms with E-state index in [1.165, 1.54) is 25.2 Å². The number of piperidine rings is 1. The molecule has 0 N–H and O–H groups in total. The van der Waals surface area contributed by atoms with Crippen LogP contribution in [0.2, 0.25) is 0 Å². The molecule has 1 saturated carbocycles. The zero-order valence-corrected chi connectivity index (χ0v) is 6.98. The Kier molecular flexibility index (Phi) is 1.20. The van der Waals surface area contributed by atoms with Gasteiger partial charge in [-0.15, -0.1) is 0 Å². The third kappa shape index (κ3) is 0.840. The molecule has 1 aliphatic carbocycles. The fourth-order valence-electron chi connectivity index (χ4n) is 2.20. The maximum Gasteiger partial charge on any atom is 0.128 e. The molecule has 1 aromatic rings. The number of rotatable bonds is 1. The van der Waals surface area contributed by atoms with Gasteiger partial charge in [-0.1, -0.05) is 6.07 Å². The van der Waals surface area contributed by atoms with Crippen molar-refractivity contribution in [3.63, 3.8) is 0 Å². The van der Waals surface area contributed by atoms with Crippen molar-refractivity contribution in [1.82, 2.24) is 4.98 Å². The fraction of sp³-hybridized carbons (Fsp3) is 0.500. The minimum absolute atomic E-state index is 0.833. The van der Waals surface area contributed by atoms with Crippen LogP contribution in [0.1, 0.15) is 12.8 Å². The zero-order chi connectivity index (χ0) is 7.97. The van der Waals surface area contributed by atoms with Gasteiger partial charge in [-0.05, 0) is 30.9 Å². The first kappa shape index (κ1) is 6.46. The number of nitrogens with zero attached hydrogens (tertiary/aromatic N) is 2. The monoisotopic (exact) mass is 160 g/mol. The Bertz CT molecular complexity index is 283. The second-order valence-corrected chi connectivity index (χ2v) is 3.73. The highest BCUT2D eigenvalue weighted by Crippen LogP contribution is 2.45. The molecule has 2 atom stereocenters. The van der Waals surface area contributed by atoms with Gasteiger partial charge in [-0.2, -0.15) is 0 Å². The van der Waals surface area contributed by atoms with E-state index >= 15 is 0 Å². The lowest BCUT2D eigenvalue weighted by molar-refractivity contribution is 0.792. The van der Waals surface area contributed by atoms with Crippen LogP contribution in [0.25, 0.3) is 0 Å². The van der Waals surface area contributed by atoms with Crippen LogP contribution < -0.4 is 4.90 Å². The largest absolute Gasteiger partial charge is 0.353 e. The summed E-state index contributed by atoms with van der Waals surface area (Å²) in [7, 11) is 0. The van der Waals surface area contributed by atoms with Crippen molar-refractivity contribution in [2.45, 2.75) is 18.9 Å². The molecule has 1 saturated heterocycles. The third-order valence-electron chi connectivity index (χ3n) is 2.97. The van der Waals surface area contributed by atoms with E-state index in [0.29, 0.717) is 0 Å². The molecule has 2 heterocycles. The number of aromatic nitrogens is 1. The average Bonchev–Trinajstić information content (AvgIpc) is 2.80. The molecule has 1 aromatic heterocycles. The SMILES string of the molecule is c1ccc(N2CC[C@H]3C[C@H]32)nc1. The van der Waals surface area contributed by atoms with Crippen molar-refractivity contribution in [1.29, 1.82) is 0 Å². The lowest BCUT2D eigenvalue weighted by Crippen LogP contribution is -2.22. The highest BCUT2D eigenvalue weighted by atomic mass is 15.3. The van der Waals surface area contributed by atoms with Crippen LogP contribution in [0.3, 0.4) is 0 Å². The number of pyridine rings is 1. The van der Waals surface area contributed by atoms with Crippen LogP contribution in [0.4, 0.5) is 5.82 Å². The summed E-state index contributed by atoms with van der Waals surface area (Å²) in [6.07, 6.45) is 4.66. The van der Waals surface area contributed by atoms with E-state index < -0.39 is 0 Å². The smallest absolute Gasteiger partial charge is 0.128 e. The molecule has 2 aliphatic rings. The Morgan fingerprint density at radius 2 is 2.42 bits per heavy atom. The second kappa shape index (κ2) is 2.22. The zero-order valence-electron chi connectivity index (χ0n) is 6.98. The maximum absolute atomic E-state index is 4.36. The van der Waals surface area contributed by atoms with Crippen molar-refractivity contribution < 1.29 is 0 Å². The van der Waals surface area contributed by atoms with Crippen molar-refractivity contribution in [2.24, 2.45) is 5.92 Å². The van der Waals surface area contributed by atoms with Gasteiger partial charge in [0.25, 0.3) is 0 Å². The molecule has 0 spiro atoms. The van der Waals surface area contributed by atoms with Crippen molar-refractivity contribution in [3.8, 4) is 0 Å². The van der Waals surface area contributed by atoms with Gasteiger partial charge in [0, 0.05) is 18.8 Å². The molecule has 12 heavy (non-hydrogen) atoms. The van der Waals surface area contributed by atoms with Gasteiger partial charge in [0.1, 0.15) is 5.82 Å². The van der Waals surface area contributed by atoms with Gasteiger partial charge in [-0.25, -0.2) is 4.98 Å². The predicted molar refractivity (Wildman–Crippen MR) is 48.1 cm³/mol. The molecule has 0 bridgehead atoms. The Morgan fingerprint density at radius 3 is 3.00 bits per heavy atom. The Labute approximate surface area is 72.2 Å². The lowest BCUT2D eigenvalue weighted by atomic mass is 10.3. The van der Waals surface area contributed by atoms with E-state index in [1.807, 2.05) is 12.3 Å². The molecule has 0 aromatic carbocycles. The van der Waals surface area contributed by atoms with Crippen molar-refractivity contribution >= 4 is 5.82 Å². The average molecular weight is 160 g/mol. The molecule has 62 valence electrons. The summed E-state index contributed by atoms with van der Waals surface area (Å²) in [4.78, 5) is 6.81. The molecule has 2 fully saturated rings. The summed E-state index contributed by atoms with van der Waals surface area (Å²) in [5.74, 6) is 2.16. The highest BCUT2D eigenvalue weighted by Gasteiger charge is 2.47. The van der Waals surface area contributed by atoms with E-state index in [2.05, 4.69) is 22.0 Å². The van der Waals surface area contributed by atoms with Crippen molar-refractivity contribution in [2.75, 3.05) is 11.4 Å². The van der Waals surface area contributed by atoms with E-state index in [0.717, 1.165) is 12.0 Å². The predicted octanol–water partition coefficient (Wildman–Crippen LogP) is 1.68. The summed E-state index contributed by atoms with van der Waals surface area (Å²) in [5, 5.41) is 0. The van der Waals surface area contributed by atoms with E-state index in [4.69, 9.17) is 0 Å². The molecule has 0 unspecified atom stereocenters. The lowest BCUT2D eigenvalue weighted by Gasteiger charge is -2.18. The number of fused-ring (bicyclic) bond motifs is 1. The van der Waals surface area contributed by atoms with Crippen LogP contribution in [0.5, 0.6) is 0 Å². The molecule has 0 radical (unpaired) electrons. The van der Waals surface area contributed by atoms with Crippen LogP contribution in [0.15, 0.2) is 24.4 Å². The Balaban J connectivity index is 1.89. The summed E-state index contributed by atoms with van der Waals surface area (Å²) >= 11 is 0. The van der Waals surface area contributed by atoms with Gasteiger partial charge in [0.15, 0.2) is 0 Å². The fourth-order valence-corrected chi connectivity index (χ4v) is 2.20. The quantitative estimate of drug-likeness (QED) is 0.621. The third-order valence-corrected chi connectivity index (χ3v) is 2.97. The Hall–Kier alpha value is -1.05. The molecule has 2 nitrogen and oxygen atoms in total. The van der Waals surface area contributed by atoms with Gasteiger partial charge in [-0.3, -0.25) is 0 Å². The molecule has 1 aliphatic heterocycles. The Morgan fingerprint density at radius 1 is 1.42 bits per heavy atom. The summed E-state index contributed by atoms with van der Waals surface area (Å²) in [6.45, 7) is 1.21. The van der Waals surface area contributed by atoms with Crippen molar-refractivity contribution in [3.05, 3.63) is 24.4 Å². The van der Waals surface area contributed by atoms with Gasteiger partial charge in [0.2, 0.25) is 0 Å². The van der Waals surface area contributed by atoms with E-state index in [1.54, 1.807) is 0 Å². The molecule has 0 amide bonds. The standard InChI is InChI=1S/C10H12N2/c1-2-5-11-10(3-1)12-6-4-8-7-9(8)12/h1-3,5,8-9H,4,6-7H2/t8-,9+/m0/s1. The summed E-state index contributed by atoms with van der Waals surface area (Å²) in [5.41, 5.74) is 0. The summed E-state index contributed by atoms with van der Waals surface area (Å²) in [6, 6.07) is 6.99. The van der Waals surface area contributed by atoms with Gasteiger partial charge in [0.05, 0.1) is 0 Å². The first-order chi connectivity index (χ1) is 5.95. The normalized spacial score (nSPS) is 31.8. The highest BCUT2D eigenvalue weighted by molar-refractivity contribution is 5.43. The van der Waals surface area contributed by atoms with Gasteiger partial charge >= 0.3 is 0 Å². The minimum atomic E-state index is 0.833. The first-order valence-electron chi connectivity index (χ1n) is 4.63. The first-order valence-corrected chi connectivity index (χ1v) is 4.63. The minimum Gasteiger partial charge on any atom is -0.353 e. The molecular weight excluding hydrogens is 148 g/mol. The van der Waals surface area contributed by atoms with Gasteiger partial charge < -0.3 is 4.90 Å². The van der Waals surface area contributed by atoms with E-state index in [-0.39, 0.29) is 0 Å². The molecular formula is C10H12N2. The summed E-state index contributed by atoms with van der Waals surface area (Å²) < 4.78 is 0. The number of anilines is 1. The molecule has 2 heteroatoms. The van der Waals surface area contributed by atoms with Crippen LogP contribution in [-0.2, 0) is 0 Å². The van der Waals surface area contributed by atoms with Crippen LogP contribution >= 0.6 is 0 Å². The maximum atomic E-state index is 4.36. The van der Waals surface area contributed by atoms with E-state index in [9.17, 15) is 0 Å². The number of hydrogen-bond acceptors (Lipinski definition) is 2. The van der Waals surface area contributed by atoms with Crippen LogP contribution in [0, 0.1) is 5.92 Å².